The number of rotatable bonds is 3. The molecule has 7 heteroatoms. The maximum Gasteiger partial charge on any atom is 0.337 e. The number of hydrogen-bond donors (Lipinski definition) is 4. The van der Waals surface area contributed by atoms with Crippen molar-refractivity contribution < 1.29 is 24.3 Å². The Balaban J connectivity index is 2.96. The predicted molar refractivity (Wildman–Crippen MR) is 43.5 cm³/mol. The summed E-state index contributed by atoms with van der Waals surface area (Å²) in [5.74, 6) is -1.20. The molecule has 0 fully saturated rings. The summed E-state index contributed by atoms with van der Waals surface area (Å²) >= 11 is 0. The van der Waals surface area contributed by atoms with Gasteiger partial charge in [-0.05, 0) is 5.56 Å². The van der Waals surface area contributed by atoms with Gasteiger partial charge in [-0.15, -0.1) is 0 Å². The zero-order valence-electron chi connectivity index (χ0n) is 6.47. The molecule has 0 aliphatic rings. The molecule has 0 atom stereocenters. The van der Waals surface area contributed by atoms with E-state index in [0.29, 0.717) is 0 Å². The molecule has 0 saturated heterocycles. The number of aromatic amines is 1. The van der Waals surface area contributed by atoms with Crippen molar-refractivity contribution in [3.05, 3.63) is 23.5 Å². The Labute approximate surface area is 73.4 Å². The van der Waals surface area contributed by atoms with Gasteiger partial charge < -0.3 is 19.9 Å². The minimum absolute atomic E-state index is 0.108. The maximum absolute atomic E-state index is 10.6. The summed E-state index contributed by atoms with van der Waals surface area (Å²) in [4.78, 5) is 30.2. The van der Waals surface area contributed by atoms with E-state index in [0.717, 1.165) is 0 Å². The van der Waals surface area contributed by atoms with Gasteiger partial charge in [-0.25, -0.2) is 4.79 Å². The van der Waals surface area contributed by atoms with E-state index in [9.17, 15) is 9.36 Å². The van der Waals surface area contributed by atoms with Gasteiger partial charge in [0.2, 0.25) is 0 Å². The first-order valence-electron chi connectivity index (χ1n) is 3.33. The Kier molecular flexibility index (Phi) is 2.56. The second-order valence-corrected chi connectivity index (χ2v) is 4.17. The molecule has 0 spiro atoms. The van der Waals surface area contributed by atoms with Crippen LogP contribution in [0.4, 0.5) is 0 Å². The SMILES string of the molecule is O=C(O)c1c[nH]cc1CP(=O)(O)O. The molecule has 0 unspecified atom stereocenters. The van der Waals surface area contributed by atoms with E-state index in [-0.39, 0.29) is 11.1 Å². The third-order valence-corrected chi connectivity index (χ3v) is 2.19. The monoisotopic (exact) mass is 205 g/mol. The predicted octanol–water partition coefficient (Wildman–Crippen LogP) is 0.391. The highest BCUT2D eigenvalue weighted by atomic mass is 31.2. The summed E-state index contributed by atoms with van der Waals surface area (Å²) in [5.41, 5.74) is 0.00385. The number of hydrogen-bond acceptors (Lipinski definition) is 2. The molecule has 1 aromatic heterocycles. The highest BCUT2D eigenvalue weighted by molar-refractivity contribution is 7.50. The van der Waals surface area contributed by atoms with Crippen molar-refractivity contribution in [1.29, 1.82) is 0 Å². The van der Waals surface area contributed by atoms with Crippen molar-refractivity contribution in [2.24, 2.45) is 0 Å². The lowest BCUT2D eigenvalue weighted by atomic mass is 10.2. The fourth-order valence-electron chi connectivity index (χ4n) is 0.948. The van der Waals surface area contributed by atoms with Crippen LogP contribution >= 0.6 is 7.60 Å². The smallest absolute Gasteiger partial charge is 0.337 e. The van der Waals surface area contributed by atoms with Crippen LogP contribution in [0, 0.1) is 0 Å². The van der Waals surface area contributed by atoms with Crippen molar-refractivity contribution >= 4 is 13.6 Å². The average molecular weight is 205 g/mol. The first kappa shape index (κ1) is 9.98. The van der Waals surface area contributed by atoms with Crippen molar-refractivity contribution in [2.75, 3.05) is 0 Å². The molecule has 0 aromatic carbocycles. The molecule has 0 aliphatic carbocycles. The van der Waals surface area contributed by atoms with Crippen LogP contribution in [0.25, 0.3) is 0 Å². The molecule has 0 radical (unpaired) electrons. The second kappa shape index (κ2) is 3.33. The molecule has 0 saturated carbocycles. The number of nitrogens with one attached hydrogen (secondary N) is 1. The summed E-state index contributed by atoms with van der Waals surface area (Å²) in [5, 5.41) is 8.58. The van der Waals surface area contributed by atoms with Gasteiger partial charge in [0.15, 0.2) is 0 Å². The van der Waals surface area contributed by atoms with Crippen molar-refractivity contribution in [2.45, 2.75) is 6.16 Å². The standard InChI is InChI=1S/C6H8NO5P/c8-6(9)5-2-7-1-4(5)3-13(10,11)12/h1-2,7H,3H2,(H,8,9)(H2,10,11,12). The van der Waals surface area contributed by atoms with E-state index in [1.165, 1.54) is 12.4 Å². The third kappa shape index (κ3) is 2.69. The van der Waals surface area contributed by atoms with Crippen LogP contribution < -0.4 is 0 Å². The Morgan fingerprint density at radius 2 is 2.08 bits per heavy atom. The van der Waals surface area contributed by atoms with Gasteiger partial charge in [-0.1, -0.05) is 0 Å². The molecule has 4 N–H and O–H groups in total. The number of H-pyrrole nitrogens is 1. The van der Waals surface area contributed by atoms with Crippen molar-refractivity contribution in [3.63, 3.8) is 0 Å². The molecule has 72 valence electrons. The summed E-state index contributed by atoms with van der Waals surface area (Å²) < 4.78 is 10.6. The topological polar surface area (TPSA) is 111 Å². The van der Waals surface area contributed by atoms with Gasteiger partial charge in [0, 0.05) is 12.4 Å². The number of carboxylic acid groups (broad SMARTS) is 1. The van der Waals surface area contributed by atoms with Gasteiger partial charge in [0.1, 0.15) is 0 Å². The molecule has 1 heterocycles. The van der Waals surface area contributed by atoms with E-state index in [1.807, 2.05) is 0 Å². The normalized spacial score (nSPS) is 11.5. The first-order valence-corrected chi connectivity index (χ1v) is 5.13. The number of carboxylic acids is 1. The lowest BCUT2D eigenvalue weighted by Gasteiger charge is -2.01. The molecule has 1 aromatic rings. The maximum atomic E-state index is 10.6. The highest BCUT2D eigenvalue weighted by Gasteiger charge is 2.19. The zero-order chi connectivity index (χ0) is 10.1. The fourth-order valence-corrected chi connectivity index (χ4v) is 1.65. The molecule has 6 nitrogen and oxygen atoms in total. The number of aromatic nitrogens is 1. The highest BCUT2D eigenvalue weighted by Crippen LogP contribution is 2.39. The lowest BCUT2D eigenvalue weighted by molar-refractivity contribution is 0.0696. The molecular weight excluding hydrogens is 197 g/mol. The first-order chi connectivity index (χ1) is 5.90. The van der Waals surface area contributed by atoms with Crippen LogP contribution in [0.15, 0.2) is 12.4 Å². The summed E-state index contributed by atoms with van der Waals surface area (Å²) in [6.07, 6.45) is 1.90. The zero-order valence-corrected chi connectivity index (χ0v) is 7.36. The molecule has 1 rings (SSSR count). The third-order valence-electron chi connectivity index (χ3n) is 1.44. The molecule has 13 heavy (non-hydrogen) atoms. The van der Waals surface area contributed by atoms with Crippen LogP contribution in [-0.4, -0.2) is 25.8 Å². The molecule has 0 aliphatic heterocycles. The Morgan fingerprint density at radius 3 is 2.54 bits per heavy atom. The van der Waals surface area contributed by atoms with Crippen molar-refractivity contribution in [1.82, 2.24) is 4.98 Å². The van der Waals surface area contributed by atoms with Crippen molar-refractivity contribution in [3.8, 4) is 0 Å². The minimum atomic E-state index is -4.20. The quantitative estimate of drug-likeness (QED) is 0.533. The van der Waals surface area contributed by atoms with Gasteiger partial charge in [0.25, 0.3) is 0 Å². The Bertz CT molecular complexity index is 365. The molecule has 0 bridgehead atoms. The second-order valence-electron chi connectivity index (χ2n) is 2.52. The number of carbonyl (C=O) groups is 1. The molecular formula is C6H8NO5P. The van der Waals surface area contributed by atoms with Gasteiger partial charge in [-0.2, -0.15) is 0 Å². The van der Waals surface area contributed by atoms with Gasteiger partial charge in [-0.3, -0.25) is 4.57 Å². The number of aromatic carboxylic acids is 1. The average Bonchev–Trinajstić information content (AvgIpc) is 2.31. The minimum Gasteiger partial charge on any atom is -0.478 e. The summed E-state index contributed by atoms with van der Waals surface area (Å²) in [6.45, 7) is 0. The lowest BCUT2D eigenvalue weighted by Crippen LogP contribution is -1.98. The van der Waals surface area contributed by atoms with E-state index in [1.54, 1.807) is 0 Å². The molecule has 0 amide bonds. The fraction of sp³-hybridized carbons (Fsp3) is 0.167. The van der Waals surface area contributed by atoms with E-state index in [4.69, 9.17) is 14.9 Å². The van der Waals surface area contributed by atoms with Gasteiger partial charge >= 0.3 is 13.6 Å². The summed E-state index contributed by atoms with van der Waals surface area (Å²) in [7, 11) is -4.20. The van der Waals surface area contributed by atoms with E-state index < -0.39 is 19.7 Å². The van der Waals surface area contributed by atoms with Crippen LogP contribution in [-0.2, 0) is 10.7 Å². The van der Waals surface area contributed by atoms with Crippen LogP contribution in [0.2, 0.25) is 0 Å². The van der Waals surface area contributed by atoms with E-state index >= 15 is 0 Å². The summed E-state index contributed by atoms with van der Waals surface area (Å²) in [6, 6.07) is 0. The van der Waals surface area contributed by atoms with Crippen LogP contribution in [0.5, 0.6) is 0 Å². The van der Waals surface area contributed by atoms with E-state index in [2.05, 4.69) is 4.98 Å². The Morgan fingerprint density at radius 1 is 1.46 bits per heavy atom. The Hall–Kier alpha value is -1.10. The van der Waals surface area contributed by atoms with Crippen LogP contribution in [0.3, 0.4) is 0 Å². The van der Waals surface area contributed by atoms with Gasteiger partial charge in [0.05, 0.1) is 11.7 Å². The largest absolute Gasteiger partial charge is 0.478 e. The van der Waals surface area contributed by atoms with Crippen LogP contribution in [0.1, 0.15) is 15.9 Å².